The number of fused-ring (bicyclic) bond motifs is 1. The van der Waals surface area contributed by atoms with Crippen LogP contribution in [0.25, 0.3) is 6.08 Å². The summed E-state index contributed by atoms with van der Waals surface area (Å²) in [6.45, 7) is 6.52. The zero-order valence-corrected chi connectivity index (χ0v) is 24.5. The average Bonchev–Trinajstić information content (AvgIpc) is 3.27. The van der Waals surface area contributed by atoms with Crippen molar-refractivity contribution < 1.29 is 19.0 Å². The minimum Gasteiger partial charge on any atom is -0.494 e. The third-order valence-corrected chi connectivity index (χ3v) is 7.74. The van der Waals surface area contributed by atoms with Crippen LogP contribution in [0, 0.1) is 0 Å². The molecule has 4 aromatic rings. The summed E-state index contributed by atoms with van der Waals surface area (Å²) in [4.78, 5) is 32.3. The summed E-state index contributed by atoms with van der Waals surface area (Å²) < 4.78 is 19.1. The molecule has 0 saturated heterocycles. The fourth-order valence-electron chi connectivity index (χ4n) is 4.66. The molecule has 1 aliphatic heterocycles. The molecule has 0 aliphatic carbocycles. The summed E-state index contributed by atoms with van der Waals surface area (Å²) in [6.07, 6.45) is 1.76. The summed E-state index contributed by atoms with van der Waals surface area (Å²) in [5, 5.41) is 0.517. The second kappa shape index (κ2) is 12.6. The van der Waals surface area contributed by atoms with E-state index in [9.17, 15) is 9.59 Å². The third kappa shape index (κ3) is 6.14. The number of thiazole rings is 1. The van der Waals surface area contributed by atoms with Crippen LogP contribution in [0.5, 0.6) is 11.5 Å². The van der Waals surface area contributed by atoms with Crippen molar-refractivity contribution in [2.75, 3.05) is 13.2 Å². The molecule has 2 heterocycles. The first-order valence-electron chi connectivity index (χ1n) is 13.3. The van der Waals surface area contributed by atoms with E-state index < -0.39 is 12.0 Å². The highest BCUT2D eigenvalue weighted by Crippen LogP contribution is 2.32. The molecule has 5 rings (SSSR count). The summed E-state index contributed by atoms with van der Waals surface area (Å²) in [6, 6.07) is 21.8. The molecule has 0 fully saturated rings. The molecule has 1 aliphatic rings. The van der Waals surface area contributed by atoms with Crippen LogP contribution in [0.15, 0.2) is 93.9 Å². The lowest BCUT2D eigenvalue weighted by Crippen LogP contribution is -2.39. The molecular formula is C32H29ClN2O5S. The van der Waals surface area contributed by atoms with Gasteiger partial charge in [-0.2, -0.15) is 0 Å². The lowest BCUT2D eigenvalue weighted by molar-refractivity contribution is -0.139. The van der Waals surface area contributed by atoms with Gasteiger partial charge in [-0.3, -0.25) is 9.36 Å². The number of esters is 1. The van der Waals surface area contributed by atoms with E-state index in [1.807, 2.05) is 61.5 Å². The van der Waals surface area contributed by atoms with Crippen LogP contribution in [0.2, 0.25) is 5.02 Å². The number of carbonyl (C=O) groups excluding carboxylic acids is 1. The summed E-state index contributed by atoms with van der Waals surface area (Å²) in [5.74, 6) is 0.787. The number of hydrogen-bond acceptors (Lipinski definition) is 7. The molecule has 0 amide bonds. The number of ether oxygens (including phenoxy) is 3. The minimum atomic E-state index is -0.712. The van der Waals surface area contributed by atoms with Crippen molar-refractivity contribution in [1.82, 2.24) is 4.57 Å². The van der Waals surface area contributed by atoms with E-state index in [2.05, 4.69) is 4.99 Å². The first-order chi connectivity index (χ1) is 19.9. The van der Waals surface area contributed by atoms with Gasteiger partial charge in [0.05, 0.1) is 35.1 Å². The van der Waals surface area contributed by atoms with E-state index in [0.717, 1.165) is 11.1 Å². The van der Waals surface area contributed by atoms with Gasteiger partial charge >= 0.3 is 5.97 Å². The van der Waals surface area contributed by atoms with Gasteiger partial charge in [-0.25, -0.2) is 9.79 Å². The predicted octanol–water partition coefficient (Wildman–Crippen LogP) is 5.43. The van der Waals surface area contributed by atoms with E-state index in [4.69, 9.17) is 25.8 Å². The number of allylic oxidation sites excluding steroid dienone is 1. The Hall–Kier alpha value is -4.14. The van der Waals surface area contributed by atoms with Crippen LogP contribution in [-0.2, 0) is 16.1 Å². The third-order valence-electron chi connectivity index (χ3n) is 6.52. The number of benzene rings is 3. The van der Waals surface area contributed by atoms with Crippen molar-refractivity contribution in [3.8, 4) is 11.5 Å². The van der Waals surface area contributed by atoms with E-state index in [-0.39, 0.29) is 12.2 Å². The maximum atomic E-state index is 14.0. The average molecular weight is 589 g/mol. The van der Waals surface area contributed by atoms with Crippen molar-refractivity contribution in [1.29, 1.82) is 0 Å². The summed E-state index contributed by atoms with van der Waals surface area (Å²) >= 11 is 7.58. The molecule has 0 bridgehead atoms. The highest BCUT2D eigenvalue weighted by Gasteiger charge is 2.33. The number of hydrogen-bond donors (Lipinski definition) is 0. The summed E-state index contributed by atoms with van der Waals surface area (Å²) in [7, 11) is 0. The maximum Gasteiger partial charge on any atom is 0.338 e. The fraction of sp³-hybridized carbons (Fsp3) is 0.219. The molecule has 3 aromatic carbocycles. The van der Waals surface area contributed by atoms with Crippen molar-refractivity contribution >= 4 is 35.0 Å². The standard InChI is InChI=1S/C32H29ClN2O5S/c1-4-38-25-14-11-22(12-15-25)29-28(31(37)39-5-2)20(3)34-32-35(29)30(36)27(41-32)18-23-17-24(33)13-16-26(23)40-19-21-9-7-6-8-10-21/h6-18,29H,4-5,19H2,1-3H3/b27-18-/t29-/m0/s1. The van der Waals surface area contributed by atoms with Crippen molar-refractivity contribution in [3.05, 3.63) is 125 Å². The van der Waals surface area contributed by atoms with Crippen molar-refractivity contribution in [3.63, 3.8) is 0 Å². The Morgan fingerprint density at radius 3 is 2.49 bits per heavy atom. The number of aromatic nitrogens is 1. The number of carbonyl (C=O) groups is 1. The molecule has 0 radical (unpaired) electrons. The van der Waals surface area contributed by atoms with Crippen LogP contribution >= 0.6 is 22.9 Å². The second-order valence-electron chi connectivity index (χ2n) is 9.26. The Bertz CT molecular complexity index is 1780. The maximum absolute atomic E-state index is 14.0. The normalized spacial score (nSPS) is 14.8. The van der Waals surface area contributed by atoms with Gasteiger partial charge < -0.3 is 14.2 Å². The quantitative estimate of drug-likeness (QED) is 0.244. The second-order valence-corrected chi connectivity index (χ2v) is 10.7. The van der Waals surface area contributed by atoms with Gasteiger partial charge in [-0.1, -0.05) is 65.4 Å². The van der Waals surface area contributed by atoms with Crippen LogP contribution in [-0.4, -0.2) is 23.8 Å². The van der Waals surface area contributed by atoms with Crippen LogP contribution < -0.4 is 24.4 Å². The van der Waals surface area contributed by atoms with Gasteiger partial charge in [-0.05, 0) is 68.3 Å². The smallest absolute Gasteiger partial charge is 0.338 e. The fourth-order valence-corrected chi connectivity index (χ4v) is 5.88. The van der Waals surface area contributed by atoms with Gasteiger partial charge in [0.2, 0.25) is 0 Å². The van der Waals surface area contributed by atoms with E-state index in [1.165, 1.54) is 11.3 Å². The molecule has 9 heteroatoms. The molecule has 0 N–H and O–H groups in total. The lowest BCUT2D eigenvalue weighted by atomic mass is 9.96. The topological polar surface area (TPSA) is 79.1 Å². The first kappa shape index (κ1) is 28.4. The van der Waals surface area contributed by atoms with Gasteiger partial charge in [0.1, 0.15) is 18.1 Å². The molecule has 1 aromatic heterocycles. The van der Waals surface area contributed by atoms with Gasteiger partial charge in [-0.15, -0.1) is 0 Å². The zero-order chi connectivity index (χ0) is 28.9. The SMILES string of the molecule is CCOC(=O)C1=C(C)N=c2s/c(=C\c3cc(Cl)ccc3OCc3ccccc3)c(=O)n2[C@H]1c1ccc(OCC)cc1. The highest BCUT2D eigenvalue weighted by atomic mass is 35.5. The van der Waals surface area contributed by atoms with Gasteiger partial charge in [0.25, 0.3) is 5.56 Å². The molecule has 0 unspecified atom stereocenters. The highest BCUT2D eigenvalue weighted by molar-refractivity contribution is 7.07. The minimum absolute atomic E-state index is 0.205. The molecule has 210 valence electrons. The molecule has 41 heavy (non-hydrogen) atoms. The lowest BCUT2D eigenvalue weighted by Gasteiger charge is -2.24. The van der Waals surface area contributed by atoms with Crippen LogP contribution in [0.3, 0.4) is 0 Å². The molecule has 7 nitrogen and oxygen atoms in total. The van der Waals surface area contributed by atoms with E-state index in [0.29, 0.717) is 55.9 Å². The van der Waals surface area contributed by atoms with E-state index >= 15 is 0 Å². The number of rotatable bonds is 9. The Morgan fingerprint density at radius 2 is 1.78 bits per heavy atom. The first-order valence-corrected chi connectivity index (χ1v) is 14.5. The Balaban J connectivity index is 1.61. The van der Waals surface area contributed by atoms with Crippen molar-refractivity contribution in [2.24, 2.45) is 4.99 Å². The van der Waals surface area contributed by atoms with Gasteiger partial charge in [0.15, 0.2) is 4.80 Å². The number of halogens is 1. The summed E-state index contributed by atoms with van der Waals surface area (Å²) in [5.41, 5.74) is 2.97. The molecular weight excluding hydrogens is 560 g/mol. The Labute approximate surface area is 246 Å². The van der Waals surface area contributed by atoms with Gasteiger partial charge in [0, 0.05) is 10.6 Å². The van der Waals surface area contributed by atoms with Crippen LogP contribution in [0.4, 0.5) is 0 Å². The Kier molecular flexibility index (Phi) is 8.71. The van der Waals surface area contributed by atoms with E-state index in [1.54, 1.807) is 42.7 Å². The molecule has 1 atom stereocenters. The number of nitrogens with zero attached hydrogens (tertiary/aromatic N) is 2. The monoisotopic (exact) mass is 588 g/mol. The Morgan fingerprint density at radius 1 is 1.02 bits per heavy atom. The van der Waals surface area contributed by atoms with Crippen molar-refractivity contribution in [2.45, 2.75) is 33.4 Å². The molecule has 0 spiro atoms. The van der Waals surface area contributed by atoms with Crippen LogP contribution in [0.1, 0.15) is 43.5 Å². The zero-order valence-electron chi connectivity index (χ0n) is 22.9. The molecule has 0 saturated carbocycles. The largest absolute Gasteiger partial charge is 0.494 e. The predicted molar refractivity (Wildman–Crippen MR) is 160 cm³/mol.